The summed E-state index contributed by atoms with van der Waals surface area (Å²) in [5, 5.41) is 0. The largest absolute Gasteiger partial charge is 0.417 e. The second-order valence-electron chi connectivity index (χ2n) is 4.64. The molecule has 0 saturated carbocycles. The van der Waals surface area contributed by atoms with E-state index in [1.54, 1.807) is 0 Å². The molecular formula is C12H15F3N2O2S. The highest BCUT2D eigenvalue weighted by atomic mass is 32.2. The molecule has 1 unspecified atom stereocenters. The van der Waals surface area contributed by atoms with Crippen LogP contribution in [0.4, 0.5) is 13.2 Å². The van der Waals surface area contributed by atoms with Crippen LogP contribution in [0.5, 0.6) is 0 Å². The van der Waals surface area contributed by atoms with Gasteiger partial charge in [-0.3, -0.25) is 0 Å². The maximum absolute atomic E-state index is 12.9. The van der Waals surface area contributed by atoms with Gasteiger partial charge in [-0.05, 0) is 25.0 Å². The van der Waals surface area contributed by atoms with Gasteiger partial charge in [-0.1, -0.05) is 12.1 Å². The summed E-state index contributed by atoms with van der Waals surface area (Å²) in [6.45, 7) is 0.309. The second kappa shape index (κ2) is 5.34. The van der Waals surface area contributed by atoms with Gasteiger partial charge in [0.05, 0.1) is 10.5 Å². The summed E-state index contributed by atoms with van der Waals surface area (Å²) >= 11 is 0. The highest BCUT2D eigenvalue weighted by Crippen LogP contribution is 2.36. The minimum atomic E-state index is -4.71. The molecule has 1 aliphatic heterocycles. The van der Waals surface area contributed by atoms with Crippen molar-refractivity contribution in [3.8, 4) is 0 Å². The number of benzene rings is 1. The van der Waals surface area contributed by atoms with Crippen molar-refractivity contribution in [2.45, 2.75) is 30.0 Å². The van der Waals surface area contributed by atoms with Crippen LogP contribution < -0.4 is 5.73 Å². The lowest BCUT2D eigenvalue weighted by molar-refractivity contribution is -0.139. The van der Waals surface area contributed by atoms with Crippen molar-refractivity contribution in [1.82, 2.24) is 4.31 Å². The van der Waals surface area contributed by atoms with Crippen LogP contribution >= 0.6 is 0 Å². The molecule has 0 amide bonds. The van der Waals surface area contributed by atoms with Crippen molar-refractivity contribution in [3.05, 3.63) is 29.8 Å². The van der Waals surface area contributed by atoms with Crippen molar-refractivity contribution in [1.29, 1.82) is 0 Å². The van der Waals surface area contributed by atoms with Crippen LogP contribution in [0.1, 0.15) is 18.4 Å². The average Bonchev–Trinajstić information content (AvgIpc) is 2.86. The fourth-order valence-corrected chi connectivity index (χ4v) is 4.33. The zero-order valence-electron chi connectivity index (χ0n) is 10.6. The number of rotatable bonds is 3. The zero-order valence-corrected chi connectivity index (χ0v) is 11.4. The van der Waals surface area contributed by atoms with Crippen LogP contribution in [0.3, 0.4) is 0 Å². The van der Waals surface area contributed by atoms with E-state index in [1.165, 1.54) is 12.1 Å². The summed E-state index contributed by atoms with van der Waals surface area (Å²) in [5.74, 6) is 0. The molecule has 1 aromatic carbocycles. The molecule has 4 nitrogen and oxygen atoms in total. The molecule has 0 bridgehead atoms. The summed E-state index contributed by atoms with van der Waals surface area (Å²) < 4.78 is 64.8. The number of hydrogen-bond donors (Lipinski definition) is 1. The second-order valence-corrected chi connectivity index (χ2v) is 6.50. The quantitative estimate of drug-likeness (QED) is 0.926. The molecule has 1 atom stereocenters. The van der Waals surface area contributed by atoms with Crippen LogP contribution in [0.15, 0.2) is 29.2 Å². The number of hydrogen-bond acceptors (Lipinski definition) is 3. The zero-order chi connectivity index (χ0) is 15.0. The summed E-state index contributed by atoms with van der Waals surface area (Å²) in [5.41, 5.74) is 4.36. The van der Waals surface area contributed by atoms with Crippen molar-refractivity contribution >= 4 is 10.0 Å². The van der Waals surface area contributed by atoms with Crippen molar-refractivity contribution in [3.63, 3.8) is 0 Å². The lowest BCUT2D eigenvalue weighted by Gasteiger charge is -2.24. The van der Waals surface area contributed by atoms with Gasteiger partial charge in [0.15, 0.2) is 0 Å². The Balaban J connectivity index is 2.50. The van der Waals surface area contributed by atoms with Crippen LogP contribution in [0, 0.1) is 0 Å². The first kappa shape index (κ1) is 15.3. The molecule has 112 valence electrons. The standard InChI is InChI=1S/C12H15F3N2O2S/c13-12(14,15)10-5-1-2-6-11(10)20(18,19)17-7-3-4-9(17)8-16/h1-2,5-6,9H,3-4,7-8,16H2. The molecule has 1 saturated heterocycles. The number of alkyl halides is 3. The van der Waals surface area contributed by atoms with Crippen LogP contribution in [0.25, 0.3) is 0 Å². The van der Waals surface area contributed by atoms with Crippen LogP contribution in [-0.4, -0.2) is 31.9 Å². The first-order chi connectivity index (χ1) is 9.28. The van der Waals surface area contributed by atoms with Crippen molar-refractivity contribution in [2.24, 2.45) is 5.73 Å². The molecule has 0 spiro atoms. The van der Waals surface area contributed by atoms with Crippen LogP contribution in [-0.2, 0) is 16.2 Å². The third kappa shape index (κ3) is 2.68. The Kier molecular flexibility index (Phi) is 4.08. The molecule has 1 fully saturated rings. The minimum absolute atomic E-state index is 0.105. The minimum Gasteiger partial charge on any atom is -0.329 e. The summed E-state index contributed by atoms with van der Waals surface area (Å²) in [6, 6.07) is 3.80. The van der Waals surface area contributed by atoms with Crippen molar-refractivity contribution < 1.29 is 21.6 Å². The van der Waals surface area contributed by atoms with E-state index in [9.17, 15) is 21.6 Å². The Hall–Kier alpha value is -1.12. The van der Waals surface area contributed by atoms with Crippen molar-refractivity contribution in [2.75, 3.05) is 13.1 Å². The smallest absolute Gasteiger partial charge is 0.329 e. The van der Waals surface area contributed by atoms with Crippen LogP contribution in [0.2, 0.25) is 0 Å². The number of nitrogens with zero attached hydrogens (tertiary/aromatic N) is 1. The normalized spacial score (nSPS) is 21.3. The SMILES string of the molecule is NCC1CCCN1S(=O)(=O)c1ccccc1C(F)(F)F. The molecule has 20 heavy (non-hydrogen) atoms. The summed E-state index contributed by atoms with van der Waals surface area (Å²) in [7, 11) is -4.18. The average molecular weight is 308 g/mol. The third-order valence-electron chi connectivity index (χ3n) is 3.37. The Morgan fingerprint density at radius 3 is 2.55 bits per heavy atom. The fourth-order valence-electron chi connectivity index (χ4n) is 2.41. The molecule has 0 radical (unpaired) electrons. The Morgan fingerprint density at radius 1 is 1.30 bits per heavy atom. The molecule has 0 aromatic heterocycles. The molecule has 1 heterocycles. The Bertz CT molecular complexity index is 587. The molecule has 1 aliphatic rings. The van der Waals surface area contributed by atoms with Gasteiger partial charge in [-0.2, -0.15) is 17.5 Å². The van der Waals surface area contributed by atoms with E-state index in [0.717, 1.165) is 16.4 Å². The van der Waals surface area contributed by atoms with Gasteiger partial charge >= 0.3 is 6.18 Å². The number of halogens is 3. The van der Waals surface area contributed by atoms with Gasteiger partial charge in [0.25, 0.3) is 0 Å². The topological polar surface area (TPSA) is 63.4 Å². The van der Waals surface area contributed by atoms with Gasteiger partial charge in [0.2, 0.25) is 10.0 Å². The molecule has 1 aromatic rings. The van der Waals surface area contributed by atoms with Gasteiger partial charge in [0, 0.05) is 19.1 Å². The highest BCUT2D eigenvalue weighted by molar-refractivity contribution is 7.89. The van der Waals surface area contributed by atoms with Gasteiger partial charge in [0.1, 0.15) is 0 Å². The maximum Gasteiger partial charge on any atom is 0.417 e. The lowest BCUT2D eigenvalue weighted by atomic mass is 10.2. The van der Waals surface area contributed by atoms with E-state index in [-0.39, 0.29) is 13.1 Å². The predicted octanol–water partition coefficient (Wildman–Crippen LogP) is 1.82. The molecular weight excluding hydrogens is 293 g/mol. The van der Waals surface area contributed by atoms with E-state index in [0.29, 0.717) is 12.8 Å². The predicted molar refractivity (Wildman–Crippen MR) is 67.4 cm³/mol. The summed E-state index contributed by atoms with van der Waals surface area (Å²) in [6.07, 6.45) is -3.53. The van der Waals surface area contributed by atoms with E-state index < -0.39 is 32.7 Å². The van der Waals surface area contributed by atoms with E-state index >= 15 is 0 Å². The summed E-state index contributed by atoms with van der Waals surface area (Å²) in [4.78, 5) is -0.701. The van der Waals surface area contributed by atoms with E-state index in [4.69, 9.17) is 5.73 Å². The van der Waals surface area contributed by atoms with E-state index in [1.807, 2.05) is 0 Å². The Morgan fingerprint density at radius 2 is 1.95 bits per heavy atom. The number of sulfonamides is 1. The maximum atomic E-state index is 12.9. The highest BCUT2D eigenvalue weighted by Gasteiger charge is 2.41. The lowest BCUT2D eigenvalue weighted by Crippen LogP contribution is -2.40. The van der Waals surface area contributed by atoms with Gasteiger partial charge in [-0.15, -0.1) is 0 Å². The Labute approximate surface area is 115 Å². The van der Waals surface area contributed by atoms with E-state index in [2.05, 4.69) is 0 Å². The molecule has 0 aliphatic carbocycles. The first-order valence-corrected chi connectivity index (χ1v) is 7.60. The first-order valence-electron chi connectivity index (χ1n) is 6.16. The molecule has 2 rings (SSSR count). The fraction of sp³-hybridized carbons (Fsp3) is 0.500. The molecule has 8 heteroatoms. The monoisotopic (exact) mass is 308 g/mol. The number of nitrogens with two attached hydrogens (primary N) is 1. The third-order valence-corrected chi connectivity index (χ3v) is 5.38. The van der Waals surface area contributed by atoms with Gasteiger partial charge in [-0.25, -0.2) is 8.42 Å². The molecule has 2 N–H and O–H groups in total. The van der Waals surface area contributed by atoms with Gasteiger partial charge < -0.3 is 5.73 Å².